The van der Waals surface area contributed by atoms with Gasteiger partial charge in [-0.1, -0.05) is 29.3 Å². The Kier molecular flexibility index (Phi) is 3.53. The van der Waals surface area contributed by atoms with Crippen molar-refractivity contribution < 1.29 is 0 Å². The van der Waals surface area contributed by atoms with Crippen molar-refractivity contribution in [2.45, 2.75) is 33.7 Å². The molecule has 96 valence electrons. The molecule has 0 bridgehead atoms. The number of hydrogen-bond acceptors (Lipinski definition) is 2. The van der Waals surface area contributed by atoms with Crippen LogP contribution in [0.3, 0.4) is 0 Å². The molecule has 2 rings (SSSR count). The summed E-state index contributed by atoms with van der Waals surface area (Å²) in [4.78, 5) is 4.51. The van der Waals surface area contributed by atoms with E-state index >= 15 is 0 Å². The van der Waals surface area contributed by atoms with Gasteiger partial charge in [0.05, 0.1) is 12.2 Å². The lowest BCUT2D eigenvalue weighted by atomic mass is 10.0. The lowest BCUT2D eigenvalue weighted by Crippen LogP contribution is -2.07. The molecule has 3 heteroatoms. The maximum atomic E-state index is 5.69. The van der Waals surface area contributed by atoms with Gasteiger partial charge in [0.1, 0.15) is 5.82 Å². The van der Waals surface area contributed by atoms with Gasteiger partial charge in [0.15, 0.2) is 0 Å². The maximum Gasteiger partial charge on any atom is 0.122 e. The highest BCUT2D eigenvalue weighted by molar-refractivity contribution is 5.32. The van der Waals surface area contributed by atoms with Gasteiger partial charge in [0.2, 0.25) is 0 Å². The molecule has 2 aromatic rings. The van der Waals surface area contributed by atoms with Gasteiger partial charge in [0.25, 0.3) is 0 Å². The summed E-state index contributed by atoms with van der Waals surface area (Å²) in [6.45, 7) is 6.82. The van der Waals surface area contributed by atoms with E-state index in [2.05, 4.69) is 48.5 Å². The Labute approximate surface area is 109 Å². The third-order valence-corrected chi connectivity index (χ3v) is 3.34. The van der Waals surface area contributed by atoms with Gasteiger partial charge < -0.3 is 10.3 Å². The number of rotatable bonds is 3. The summed E-state index contributed by atoms with van der Waals surface area (Å²) in [5.41, 5.74) is 12.0. The molecule has 0 unspecified atom stereocenters. The van der Waals surface area contributed by atoms with Gasteiger partial charge in [-0.2, -0.15) is 0 Å². The third-order valence-electron chi connectivity index (χ3n) is 3.34. The van der Waals surface area contributed by atoms with Crippen molar-refractivity contribution in [3.8, 4) is 0 Å². The van der Waals surface area contributed by atoms with Crippen molar-refractivity contribution in [2.75, 3.05) is 0 Å². The second kappa shape index (κ2) is 4.94. The van der Waals surface area contributed by atoms with Gasteiger partial charge in [0, 0.05) is 19.2 Å². The van der Waals surface area contributed by atoms with Gasteiger partial charge >= 0.3 is 0 Å². The topological polar surface area (TPSA) is 43.8 Å². The van der Waals surface area contributed by atoms with E-state index in [1.165, 1.54) is 22.4 Å². The average molecular weight is 243 g/mol. The molecule has 0 saturated carbocycles. The smallest absolute Gasteiger partial charge is 0.122 e. The lowest BCUT2D eigenvalue weighted by Gasteiger charge is -2.08. The molecule has 0 aliphatic rings. The van der Waals surface area contributed by atoms with Crippen LogP contribution in [0.25, 0.3) is 0 Å². The molecule has 1 aromatic carbocycles. The Hall–Kier alpha value is -1.61. The van der Waals surface area contributed by atoms with Crippen molar-refractivity contribution in [3.63, 3.8) is 0 Å². The zero-order valence-electron chi connectivity index (χ0n) is 11.6. The first kappa shape index (κ1) is 12.8. The van der Waals surface area contributed by atoms with Crippen LogP contribution in [-0.2, 0) is 20.0 Å². The number of aryl methyl sites for hydroxylation is 3. The number of benzene rings is 1. The van der Waals surface area contributed by atoms with Crippen LogP contribution in [0.15, 0.2) is 18.2 Å². The first-order valence-electron chi connectivity index (χ1n) is 6.29. The van der Waals surface area contributed by atoms with Crippen molar-refractivity contribution in [3.05, 3.63) is 52.1 Å². The fourth-order valence-corrected chi connectivity index (χ4v) is 2.53. The second-order valence-electron chi connectivity index (χ2n) is 5.00. The van der Waals surface area contributed by atoms with E-state index in [1.54, 1.807) is 0 Å². The SMILES string of the molecule is Cc1cc(C)cc(Cc2c(C)nc(CN)n2C)c1. The Morgan fingerprint density at radius 3 is 2.22 bits per heavy atom. The molecule has 0 amide bonds. The molecule has 1 aromatic heterocycles. The molecule has 0 atom stereocenters. The average Bonchev–Trinajstić information content (AvgIpc) is 2.55. The van der Waals surface area contributed by atoms with Crippen molar-refractivity contribution in [1.82, 2.24) is 9.55 Å². The fourth-order valence-electron chi connectivity index (χ4n) is 2.53. The highest BCUT2D eigenvalue weighted by Gasteiger charge is 2.11. The monoisotopic (exact) mass is 243 g/mol. The summed E-state index contributed by atoms with van der Waals surface area (Å²) in [5, 5.41) is 0. The third kappa shape index (κ3) is 2.46. The molecule has 3 nitrogen and oxygen atoms in total. The minimum atomic E-state index is 0.490. The van der Waals surface area contributed by atoms with Crippen LogP contribution in [0.2, 0.25) is 0 Å². The molecule has 0 aliphatic carbocycles. The largest absolute Gasteiger partial charge is 0.333 e. The Morgan fingerprint density at radius 1 is 1.11 bits per heavy atom. The van der Waals surface area contributed by atoms with E-state index < -0.39 is 0 Å². The Balaban J connectivity index is 2.36. The lowest BCUT2D eigenvalue weighted by molar-refractivity contribution is 0.760. The molecule has 0 fully saturated rings. The van der Waals surface area contributed by atoms with Gasteiger partial charge in [-0.15, -0.1) is 0 Å². The summed E-state index contributed by atoms with van der Waals surface area (Å²) in [6, 6.07) is 6.67. The van der Waals surface area contributed by atoms with Crippen LogP contribution >= 0.6 is 0 Å². The highest BCUT2D eigenvalue weighted by Crippen LogP contribution is 2.17. The van der Waals surface area contributed by atoms with Crippen molar-refractivity contribution >= 4 is 0 Å². The standard InChI is InChI=1S/C15H21N3/c1-10-5-11(2)7-13(6-10)8-14-12(3)17-15(9-16)18(14)4/h5-7H,8-9,16H2,1-4H3. The van der Waals surface area contributed by atoms with E-state index in [0.29, 0.717) is 6.54 Å². The molecule has 0 aliphatic heterocycles. The molecular formula is C15H21N3. The molecule has 0 radical (unpaired) electrons. The Bertz CT molecular complexity index is 547. The van der Waals surface area contributed by atoms with Crippen LogP contribution < -0.4 is 5.73 Å². The number of aromatic nitrogens is 2. The summed E-state index contributed by atoms with van der Waals surface area (Å²) in [5.74, 6) is 0.951. The minimum absolute atomic E-state index is 0.490. The van der Waals surface area contributed by atoms with E-state index in [-0.39, 0.29) is 0 Å². The van der Waals surface area contributed by atoms with Gasteiger partial charge in [-0.3, -0.25) is 0 Å². The van der Waals surface area contributed by atoms with Crippen molar-refractivity contribution in [2.24, 2.45) is 12.8 Å². The minimum Gasteiger partial charge on any atom is -0.333 e. The van der Waals surface area contributed by atoms with E-state index in [0.717, 1.165) is 17.9 Å². The number of nitrogens with zero attached hydrogens (tertiary/aromatic N) is 2. The molecule has 18 heavy (non-hydrogen) atoms. The first-order valence-corrected chi connectivity index (χ1v) is 6.29. The Morgan fingerprint density at radius 2 is 1.72 bits per heavy atom. The molecular weight excluding hydrogens is 222 g/mol. The van der Waals surface area contributed by atoms with Crippen LogP contribution in [-0.4, -0.2) is 9.55 Å². The molecule has 1 heterocycles. The second-order valence-corrected chi connectivity index (χ2v) is 5.00. The normalized spacial score (nSPS) is 10.9. The number of hydrogen-bond donors (Lipinski definition) is 1. The fraction of sp³-hybridized carbons (Fsp3) is 0.400. The molecule has 0 spiro atoms. The van der Waals surface area contributed by atoms with E-state index in [4.69, 9.17) is 5.73 Å². The maximum absolute atomic E-state index is 5.69. The van der Waals surface area contributed by atoms with Gasteiger partial charge in [-0.05, 0) is 26.3 Å². The zero-order chi connectivity index (χ0) is 13.3. The molecule has 0 saturated heterocycles. The summed E-state index contributed by atoms with van der Waals surface area (Å²) < 4.78 is 2.12. The number of imidazole rings is 1. The predicted octanol–water partition coefficient (Wildman–Crippen LogP) is 2.39. The summed E-state index contributed by atoms with van der Waals surface area (Å²) >= 11 is 0. The van der Waals surface area contributed by atoms with Gasteiger partial charge in [-0.25, -0.2) is 4.98 Å². The molecule has 2 N–H and O–H groups in total. The predicted molar refractivity (Wildman–Crippen MR) is 74.6 cm³/mol. The number of nitrogens with two attached hydrogens (primary N) is 1. The van der Waals surface area contributed by atoms with E-state index in [9.17, 15) is 0 Å². The van der Waals surface area contributed by atoms with Crippen LogP contribution in [0.1, 0.15) is 33.9 Å². The highest BCUT2D eigenvalue weighted by atomic mass is 15.1. The zero-order valence-corrected chi connectivity index (χ0v) is 11.6. The first-order chi connectivity index (χ1) is 8.51. The van der Waals surface area contributed by atoms with Crippen molar-refractivity contribution in [1.29, 1.82) is 0 Å². The van der Waals surface area contributed by atoms with E-state index in [1.807, 2.05) is 7.05 Å². The van der Waals surface area contributed by atoms with Crippen LogP contribution in [0.4, 0.5) is 0 Å². The quantitative estimate of drug-likeness (QED) is 0.899. The van der Waals surface area contributed by atoms with Crippen LogP contribution in [0, 0.1) is 20.8 Å². The van der Waals surface area contributed by atoms with Crippen LogP contribution in [0.5, 0.6) is 0 Å². The summed E-state index contributed by atoms with van der Waals surface area (Å²) in [6.07, 6.45) is 0.915. The summed E-state index contributed by atoms with van der Waals surface area (Å²) in [7, 11) is 2.04.